The van der Waals surface area contributed by atoms with Crippen LogP contribution in [0.3, 0.4) is 0 Å². The van der Waals surface area contributed by atoms with Gasteiger partial charge in [0.25, 0.3) is 0 Å². The van der Waals surface area contributed by atoms with Gasteiger partial charge in [-0.05, 0) is 11.5 Å². The number of rotatable bonds is 6. The minimum absolute atomic E-state index is 0.0972. The molecule has 1 atom stereocenters. The smallest absolute Gasteiger partial charge is 0.411 e. The van der Waals surface area contributed by atoms with E-state index in [1.807, 2.05) is 53.0 Å². The van der Waals surface area contributed by atoms with Crippen LogP contribution in [0.4, 0.5) is 13.2 Å². The second-order valence-electron chi connectivity index (χ2n) is 9.23. The van der Waals surface area contributed by atoms with Gasteiger partial charge in [-0.15, -0.1) is 0 Å². The Morgan fingerprint density at radius 2 is 1.79 bits per heavy atom. The Labute approximate surface area is 220 Å². The Hall–Kier alpha value is -3.34. The van der Waals surface area contributed by atoms with Crippen LogP contribution in [-0.2, 0) is 11.3 Å². The van der Waals surface area contributed by atoms with E-state index in [2.05, 4.69) is 9.84 Å². The van der Waals surface area contributed by atoms with E-state index >= 15 is 0 Å². The zero-order valence-corrected chi connectivity index (χ0v) is 22.8. The van der Waals surface area contributed by atoms with Crippen LogP contribution in [0.25, 0.3) is 22.3 Å². The molecule has 0 saturated carbocycles. The average Bonchev–Trinajstić information content (AvgIpc) is 3.23. The van der Waals surface area contributed by atoms with Gasteiger partial charge in [-0.25, -0.2) is 4.79 Å². The van der Waals surface area contributed by atoms with E-state index in [-0.39, 0.29) is 30.2 Å². The fourth-order valence-corrected chi connectivity index (χ4v) is 4.14. The molecule has 1 aliphatic rings. The summed E-state index contributed by atoms with van der Waals surface area (Å²) in [5.41, 5.74) is 0.466. The SMILES string of the molecule is CC.CC.CC(C)(C)C1Cn2nc3c(OCCOCC(F)(F)F)cccc3c2-c2cc(=O)c(C(=O)O)cn21. The standard InChI is InChI=1S/C23H24F3N3O5.2C2H6/c1-22(2,3)18-11-29-20(15-9-16(30)14(21(31)32)10-28(15)18)13-5-4-6-17(19(13)27-29)34-8-7-33-12-23(24,25)26;2*1-2/h4-6,9-10,18H,7-8,11-12H2,1-3H3,(H,31,32);2*1-2H3. The van der Waals surface area contributed by atoms with E-state index in [0.717, 1.165) is 0 Å². The van der Waals surface area contributed by atoms with Crippen LogP contribution in [-0.4, -0.2) is 51.4 Å². The van der Waals surface area contributed by atoms with Crippen LogP contribution in [0, 0.1) is 5.41 Å². The summed E-state index contributed by atoms with van der Waals surface area (Å²) >= 11 is 0. The molecule has 0 spiro atoms. The van der Waals surface area contributed by atoms with Crippen LogP contribution in [0.1, 0.15) is 64.9 Å². The molecule has 0 bridgehead atoms. The first-order valence-electron chi connectivity index (χ1n) is 12.6. The average molecular weight is 540 g/mol. The summed E-state index contributed by atoms with van der Waals surface area (Å²) in [5, 5.41) is 14.8. The maximum Gasteiger partial charge on any atom is 0.411 e. The van der Waals surface area contributed by atoms with E-state index in [9.17, 15) is 27.9 Å². The van der Waals surface area contributed by atoms with Crippen LogP contribution >= 0.6 is 0 Å². The van der Waals surface area contributed by atoms with Crippen molar-refractivity contribution in [2.45, 2.75) is 67.2 Å². The summed E-state index contributed by atoms with van der Waals surface area (Å²) in [4.78, 5) is 24.2. The number of carboxylic acids is 1. The van der Waals surface area contributed by atoms with Crippen LogP contribution in [0.15, 0.2) is 35.3 Å². The van der Waals surface area contributed by atoms with Crippen molar-refractivity contribution in [3.63, 3.8) is 0 Å². The monoisotopic (exact) mass is 539 g/mol. The molecular formula is C27H36F3N3O5. The van der Waals surface area contributed by atoms with Crippen molar-refractivity contribution in [2.24, 2.45) is 5.41 Å². The van der Waals surface area contributed by atoms with E-state index in [0.29, 0.717) is 34.6 Å². The summed E-state index contributed by atoms with van der Waals surface area (Å²) in [6.45, 7) is 12.8. The number of halogens is 3. The van der Waals surface area contributed by atoms with Crippen LogP contribution in [0.2, 0.25) is 0 Å². The Morgan fingerprint density at radius 1 is 1.13 bits per heavy atom. The number of aromatic nitrogens is 3. The summed E-state index contributed by atoms with van der Waals surface area (Å²) in [5.74, 6) is -0.918. The lowest BCUT2D eigenvalue weighted by Crippen LogP contribution is -2.35. The van der Waals surface area contributed by atoms with Crippen molar-refractivity contribution in [3.8, 4) is 17.1 Å². The molecule has 1 aliphatic heterocycles. The van der Waals surface area contributed by atoms with Gasteiger partial charge in [0, 0.05) is 17.6 Å². The Morgan fingerprint density at radius 3 is 2.37 bits per heavy atom. The minimum atomic E-state index is -4.40. The molecule has 0 saturated heterocycles. The highest BCUT2D eigenvalue weighted by Crippen LogP contribution is 2.43. The van der Waals surface area contributed by atoms with E-state index in [1.54, 1.807) is 22.9 Å². The lowest BCUT2D eigenvalue weighted by Gasteiger charge is -2.38. The van der Waals surface area contributed by atoms with Gasteiger partial charge in [0.15, 0.2) is 5.43 Å². The number of pyridine rings is 1. The van der Waals surface area contributed by atoms with Gasteiger partial charge in [-0.2, -0.15) is 18.3 Å². The number of carboxylic acid groups (broad SMARTS) is 1. The second kappa shape index (κ2) is 12.5. The Kier molecular flexibility index (Phi) is 10.1. The Bertz CT molecular complexity index is 1310. The fourth-order valence-electron chi connectivity index (χ4n) is 4.14. The molecule has 8 nitrogen and oxygen atoms in total. The number of carbonyl (C=O) groups is 1. The molecule has 38 heavy (non-hydrogen) atoms. The largest absolute Gasteiger partial charge is 0.489 e. The third-order valence-corrected chi connectivity index (χ3v) is 5.72. The number of alkyl halides is 3. The maximum absolute atomic E-state index is 12.6. The first-order valence-corrected chi connectivity index (χ1v) is 12.6. The molecule has 3 aromatic rings. The molecule has 210 valence electrons. The zero-order valence-electron chi connectivity index (χ0n) is 22.8. The van der Waals surface area contributed by atoms with Crippen molar-refractivity contribution in [3.05, 3.63) is 46.2 Å². The van der Waals surface area contributed by atoms with E-state index in [4.69, 9.17) is 4.74 Å². The highest BCUT2D eigenvalue weighted by molar-refractivity contribution is 5.96. The normalized spacial score (nSPS) is 14.4. The molecule has 1 N–H and O–H groups in total. The third kappa shape index (κ3) is 6.75. The van der Waals surface area contributed by atoms with E-state index < -0.39 is 24.2 Å². The Balaban J connectivity index is 0.00000121. The quantitative estimate of drug-likeness (QED) is 0.376. The van der Waals surface area contributed by atoms with Crippen molar-refractivity contribution >= 4 is 16.9 Å². The zero-order chi connectivity index (χ0) is 28.8. The molecule has 11 heteroatoms. The fraction of sp³-hybridized carbons (Fsp3) is 0.519. The number of aromatic carboxylic acids is 1. The van der Waals surface area contributed by atoms with Gasteiger partial charge in [-0.1, -0.05) is 60.6 Å². The topological polar surface area (TPSA) is 95.6 Å². The van der Waals surface area contributed by atoms with Crippen molar-refractivity contribution in [2.75, 3.05) is 19.8 Å². The summed E-state index contributed by atoms with van der Waals surface area (Å²) in [7, 11) is 0. The van der Waals surface area contributed by atoms with E-state index in [1.165, 1.54) is 12.3 Å². The number of benzene rings is 1. The molecule has 0 amide bonds. The molecule has 0 radical (unpaired) electrons. The van der Waals surface area contributed by atoms with Crippen LogP contribution < -0.4 is 10.2 Å². The molecule has 3 heterocycles. The van der Waals surface area contributed by atoms with Gasteiger partial charge in [0.1, 0.15) is 30.0 Å². The lowest BCUT2D eigenvalue weighted by molar-refractivity contribution is -0.175. The highest BCUT2D eigenvalue weighted by atomic mass is 19.4. The first kappa shape index (κ1) is 30.9. The van der Waals surface area contributed by atoms with Crippen molar-refractivity contribution in [1.29, 1.82) is 0 Å². The molecule has 0 aliphatic carbocycles. The van der Waals surface area contributed by atoms with Gasteiger partial charge < -0.3 is 19.1 Å². The number of nitrogens with zero attached hydrogens (tertiary/aromatic N) is 3. The molecule has 1 aromatic carbocycles. The predicted molar refractivity (Wildman–Crippen MR) is 140 cm³/mol. The third-order valence-electron chi connectivity index (χ3n) is 5.72. The molecule has 4 rings (SSSR count). The molecule has 2 aromatic heterocycles. The summed E-state index contributed by atoms with van der Waals surface area (Å²) in [6, 6.07) is 6.31. The van der Waals surface area contributed by atoms with Crippen LogP contribution in [0.5, 0.6) is 5.75 Å². The molecule has 0 fully saturated rings. The lowest BCUT2D eigenvalue weighted by atomic mass is 9.85. The predicted octanol–water partition coefficient (Wildman–Crippen LogP) is 6.17. The van der Waals surface area contributed by atoms with Crippen molar-refractivity contribution in [1.82, 2.24) is 14.3 Å². The maximum atomic E-state index is 12.6. The number of fused-ring (bicyclic) bond motifs is 5. The second-order valence-corrected chi connectivity index (χ2v) is 9.23. The van der Waals surface area contributed by atoms with Gasteiger partial charge in [-0.3, -0.25) is 9.48 Å². The number of hydrogen-bond donors (Lipinski definition) is 1. The van der Waals surface area contributed by atoms with Crippen molar-refractivity contribution < 1.29 is 32.5 Å². The number of hydrogen-bond acceptors (Lipinski definition) is 5. The summed E-state index contributed by atoms with van der Waals surface area (Å²) < 4.78 is 50.6. The van der Waals surface area contributed by atoms with Gasteiger partial charge in [0.05, 0.1) is 30.6 Å². The molecule has 1 unspecified atom stereocenters. The highest BCUT2D eigenvalue weighted by Gasteiger charge is 2.35. The summed E-state index contributed by atoms with van der Waals surface area (Å²) in [6.07, 6.45) is -3.02. The first-order chi connectivity index (χ1) is 17.9. The van der Waals surface area contributed by atoms with Gasteiger partial charge in [0.2, 0.25) is 0 Å². The van der Waals surface area contributed by atoms with Gasteiger partial charge >= 0.3 is 12.1 Å². The molecular weight excluding hydrogens is 503 g/mol. The number of ether oxygens (including phenoxy) is 2. The minimum Gasteiger partial charge on any atom is -0.489 e.